The number of aliphatic hydroxyl groups is 1. The van der Waals surface area contributed by atoms with Gasteiger partial charge in [-0.15, -0.1) is 11.3 Å². The Hall–Kier alpha value is -0.410. The van der Waals surface area contributed by atoms with Crippen molar-refractivity contribution in [2.75, 3.05) is 6.61 Å². The van der Waals surface area contributed by atoms with Gasteiger partial charge in [-0.25, -0.2) is 0 Å². The van der Waals surface area contributed by atoms with Crippen LogP contribution in [0, 0.1) is 5.92 Å². The molecule has 1 heterocycles. The van der Waals surface area contributed by atoms with Crippen molar-refractivity contribution in [1.29, 1.82) is 0 Å². The van der Waals surface area contributed by atoms with Gasteiger partial charge in [0.15, 0.2) is 0 Å². The van der Waals surface area contributed by atoms with Crippen molar-refractivity contribution in [3.63, 3.8) is 0 Å². The van der Waals surface area contributed by atoms with Gasteiger partial charge >= 0.3 is 0 Å². The largest absolute Gasteiger partial charge is 0.396 e. The summed E-state index contributed by atoms with van der Waals surface area (Å²) in [5.41, 5.74) is 1.82. The van der Waals surface area contributed by atoms with Crippen molar-refractivity contribution in [3.05, 3.63) is 16.6 Å². The summed E-state index contributed by atoms with van der Waals surface area (Å²) in [4.78, 5) is 5.20. The number of nitrogens with zero attached hydrogens (tertiary/aromatic N) is 1. The SMILES string of the molecule is C[C@H](CO)Cc1cncs1. The number of hydrogen-bond donors (Lipinski definition) is 1. The topological polar surface area (TPSA) is 33.1 Å². The van der Waals surface area contributed by atoms with Crippen molar-refractivity contribution in [3.8, 4) is 0 Å². The summed E-state index contributed by atoms with van der Waals surface area (Å²) in [6, 6.07) is 0. The smallest absolute Gasteiger partial charge is 0.0794 e. The lowest BCUT2D eigenvalue weighted by Crippen LogP contribution is -2.02. The normalized spacial score (nSPS) is 13.4. The minimum Gasteiger partial charge on any atom is -0.396 e. The molecule has 3 heteroatoms. The van der Waals surface area contributed by atoms with Gasteiger partial charge < -0.3 is 5.11 Å². The third kappa shape index (κ3) is 2.08. The molecule has 0 fully saturated rings. The van der Waals surface area contributed by atoms with Crippen molar-refractivity contribution in [2.24, 2.45) is 5.92 Å². The second-order valence-corrected chi connectivity index (χ2v) is 3.43. The summed E-state index contributed by atoms with van der Waals surface area (Å²) in [5.74, 6) is 0.362. The van der Waals surface area contributed by atoms with Crippen LogP contribution >= 0.6 is 11.3 Å². The van der Waals surface area contributed by atoms with Gasteiger partial charge in [-0.3, -0.25) is 4.98 Å². The first-order valence-electron chi connectivity index (χ1n) is 3.31. The Morgan fingerprint density at radius 3 is 3.10 bits per heavy atom. The molecule has 0 aliphatic heterocycles. The second-order valence-electron chi connectivity index (χ2n) is 2.46. The van der Waals surface area contributed by atoms with Crippen LogP contribution in [0.4, 0.5) is 0 Å². The molecule has 1 aromatic rings. The zero-order valence-electron chi connectivity index (χ0n) is 5.95. The minimum absolute atomic E-state index is 0.262. The van der Waals surface area contributed by atoms with Crippen LogP contribution in [0.15, 0.2) is 11.7 Å². The molecule has 10 heavy (non-hydrogen) atoms. The van der Waals surface area contributed by atoms with Gasteiger partial charge in [0, 0.05) is 17.7 Å². The molecule has 2 nitrogen and oxygen atoms in total. The number of aliphatic hydroxyl groups excluding tert-OH is 1. The molecular weight excluding hydrogens is 146 g/mol. The van der Waals surface area contributed by atoms with E-state index in [1.54, 1.807) is 11.3 Å². The molecular formula is C7H11NOS. The highest BCUT2D eigenvalue weighted by molar-refractivity contribution is 7.09. The van der Waals surface area contributed by atoms with E-state index in [9.17, 15) is 0 Å². The van der Waals surface area contributed by atoms with Gasteiger partial charge in [0.2, 0.25) is 0 Å². The van der Waals surface area contributed by atoms with Gasteiger partial charge in [-0.2, -0.15) is 0 Å². The van der Waals surface area contributed by atoms with Crippen LogP contribution in [-0.2, 0) is 6.42 Å². The predicted octanol–water partition coefficient (Wildman–Crippen LogP) is 1.31. The Kier molecular flexibility index (Phi) is 2.83. The average molecular weight is 157 g/mol. The van der Waals surface area contributed by atoms with E-state index in [2.05, 4.69) is 4.98 Å². The lowest BCUT2D eigenvalue weighted by Gasteiger charge is -2.02. The lowest BCUT2D eigenvalue weighted by molar-refractivity contribution is 0.237. The van der Waals surface area contributed by atoms with E-state index in [1.807, 2.05) is 18.6 Å². The summed E-state index contributed by atoms with van der Waals surface area (Å²) in [6.07, 6.45) is 2.80. The maximum absolute atomic E-state index is 8.72. The first-order chi connectivity index (χ1) is 4.83. The van der Waals surface area contributed by atoms with E-state index in [4.69, 9.17) is 5.11 Å². The van der Waals surface area contributed by atoms with Crippen molar-refractivity contribution in [2.45, 2.75) is 13.3 Å². The minimum atomic E-state index is 0.262. The number of hydrogen-bond acceptors (Lipinski definition) is 3. The zero-order valence-corrected chi connectivity index (χ0v) is 6.77. The molecule has 0 radical (unpaired) electrons. The van der Waals surface area contributed by atoms with Gasteiger partial charge in [0.05, 0.1) is 5.51 Å². The van der Waals surface area contributed by atoms with Crippen molar-refractivity contribution >= 4 is 11.3 Å². The molecule has 56 valence electrons. The summed E-state index contributed by atoms with van der Waals surface area (Å²) < 4.78 is 0. The van der Waals surface area contributed by atoms with Crippen LogP contribution in [0.5, 0.6) is 0 Å². The molecule has 0 aliphatic carbocycles. The molecule has 0 unspecified atom stereocenters. The van der Waals surface area contributed by atoms with Crippen LogP contribution in [0.1, 0.15) is 11.8 Å². The van der Waals surface area contributed by atoms with Crippen molar-refractivity contribution in [1.82, 2.24) is 4.98 Å². The first kappa shape index (κ1) is 7.69. The number of thiazole rings is 1. The molecule has 0 saturated carbocycles. The lowest BCUT2D eigenvalue weighted by atomic mass is 10.1. The molecule has 0 bridgehead atoms. The van der Waals surface area contributed by atoms with E-state index in [0.717, 1.165) is 6.42 Å². The van der Waals surface area contributed by atoms with Crippen LogP contribution in [0.3, 0.4) is 0 Å². The first-order valence-corrected chi connectivity index (χ1v) is 4.19. The Morgan fingerprint density at radius 2 is 2.60 bits per heavy atom. The van der Waals surface area contributed by atoms with Gasteiger partial charge in [0.1, 0.15) is 0 Å². The quantitative estimate of drug-likeness (QED) is 0.717. The van der Waals surface area contributed by atoms with E-state index < -0.39 is 0 Å². The molecule has 0 aliphatic rings. The average Bonchev–Trinajstić information content (AvgIpc) is 2.40. The second kappa shape index (κ2) is 3.68. The highest BCUT2D eigenvalue weighted by atomic mass is 32.1. The van der Waals surface area contributed by atoms with E-state index in [1.165, 1.54) is 4.88 Å². The van der Waals surface area contributed by atoms with Crippen molar-refractivity contribution < 1.29 is 5.11 Å². The summed E-state index contributed by atoms with van der Waals surface area (Å²) >= 11 is 1.64. The Labute approximate surface area is 64.5 Å². The fourth-order valence-electron chi connectivity index (χ4n) is 0.751. The maximum Gasteiger partial charge on any atom is 0.0794 e. The van der Waals surface area contributed by atoms with Crippen LogP contribution in [-0.4, -0.2) is 16.7 Å². The number of aromatic nitrogens is 1. The summed E-state index contributed by atoms with van der Waals surface area (Å²) in [7, 11) is 0. The van der Waals surface area contributed by atoms with Gasteiger partial charge in [-0.05, 0) is 12.3 Å². The fraction of sp³-hybridized carbons (Fsp3) is 0.571. The molecule has 0 amide bonds. The molecule has 1 N–H and O–H groups in total. The molecule has 0 spiro atoms. The molecule has 0 saturated heterocycles. The molecule has 1 rings (SSSR count). The van der Waals surface area contributed by atoms with Gasteiger partial charge in [0.25, 0.3) is 0 Å². The standard InChI is InChI=1S/C7H11NOS/c1-6(4-9)2-7-3-8-5-10-7/h3,5-6,9H,2,4H2,1H3/t6-/m0/s1. The maximum atomic E-state index is 8.72. The van der Waals surface area contributed by atoms with Crippen LogP contribution in [0.2, 0.25) is 0 Å². The Balaban J connectivity index is 2.40. The Morgan fingerprint density at radius 1 is 1.80 bits per heavy atom. The molecule has 0 aromatic carbocycles. The molecule has 1 atom stereocenters. The van der Waals surface area contributed by atoms with Gasteiger partial charge in [-0.1, -0.05) is 6.92 Å². The number of rotatable bonds is 3. The van der Waals surface area contributed by atoms with Crippen LogP contribution < -0.4 is 0 Å². The monoisotopic (exact) mass is 157 g/mol. The third-order valence-corrected chi connectivity index (χ3v) is 2.15. The third-order valence-electron chi connectivity index (χ3n) is 1.34. The molecule has 1 aromatic heterocycles. The Bertz CT molecular complexity index is 174. The van der Waals surface area contributed by atoms with E-state index >= 15 is 0 Å². The predicted molar refractivity (Wildman–Crippen MR) is 42.1 cm³/mol. The van der Waals surface area contributed by atoms with E-state index in [0.29, 0.717) is 5.92 Å². The van der Waals surface area contributed by atoms with Crippen LogP contribution in [0.25, 0.3) is 0 Å². The fourth-order valence-corrected chi connectivity index (χ4v) is 1.51. The highest BCUT2D eigenvalue weighted by Gasteiger charge is 2.01. The van der Waals surface area contributed by atoms with E-state index in [-0.39, 0.29) is 6.61 Å². The zero-order chi connectivity index (χ0) is 7.40. The highest BCUT2D eigenvalue weighted by Crippen LogP contribution is 2.11. The summed E-state index contributed by atoms with van der Waals surface area (Å²) in [6.45, 7) is 2.29. The summed E-state index contributed by atoms with van der Waals surface area (Å²) in [5, 5.41) is 8.72.